The predicted octanol–water partition coefficient (Wildman–Crippen LogP) is -0.791. The van der Waals surface area contributed by atoms with Crippen LogP contribution in [0.2, 0.25) is 0 Å². The fourth-order valence-electron chi connectivity index (χ4n) is 1.62. The number of methoxy groups -OCH3 is 1. The zero-order chi connectivity index (χ0) is 16.3. The van der Waals surface area contributed by atoms with Crippen LogP contribution in [0, 0.1) is 5.92 Å². The number of nitrogens with one attached hydrogen (secondary N) is 1. The first kappa shape index (κ1) is 19.3. The lowest BCUT2D eigenvalue weighted by molar-refractivity contribution is -0.145. The highest BCUT2D eigenvalue weighted by atomic mass is 16.5. The molecule has 2 amide bonds. The summed E-state index contributed by atoms with van der Waals surface area (Å²) < 4.78 is 14.6. The van der Waals surface area contributed by atoms with Crippen LogP contribution in [-0.2, 0) is 28.6 Å². The number of rotatable bonds is 11. The van der Waals surface area contributed by atoms with Gasteiger partial charge in [0.15, 0.2) is 0 Å². The molecule has 0 aliphatic rings. The minimum absolute atomic E-state index is 0.00768. The molecule has 0 aliphatic carbocycles. The Hall–Kier alpha value is -1.67. The minimum Gasteiger partial charge on any atom is -0.466 e. The first-order valence-corrected chi connectivity index (χ1v) is 6.73. The van der Waals surface area contributed by atoms with Crippen LogP contribution in [0.25, 0.3) is 0 Å². The van der Waals surface area contributed by atoms with E-state index >= 15 is 0 Å². The van der Waals surface area contributed by atoms with Crippen LogP contribution in [0.15, 0.2) is 0 Å². The van der Waals surface area contributed by atoms with Gasteiger partial charge in [0, 0.05) is 7.11 Å². The Morgan fingerprint density at radius 1 is 1.24 bits per heavy atom. The van der Waals surface area contributed by atoms with Crippen molar-refractivity contribution in [1.29, 1.82) is 0 Å². The number of hydrogen-bond acceptors (Lipinski definition) is 6. The maximum absolute atomic E-state index is 11.6. The lowest BCUT2D eigenvalue weighted by atomic mass is 9.97. The van der Waals surface area contributed by atoms with Crippen molar-refractivity contribution in [2.24, 2.45) is 11.7 Å². The highest BCUT2D eigenvalue weighted by Crippen LogP contribution is 2.09. The van der Waals surface area contributed by atoms with Crippen molar-refractivity contribution in [1.82, 2.24) is 5.32 Å². The Balaban J connectivity index is 4.31. The van der Waals surface area contributed by atoms with Crippen LogP contribution in [0.5, 0.6) is 0 Å². The second-order valence-corrected chi connectivity index (χ2v) is 4.48. The highest BCUT2D eigenvalue weighted by Gasteiger charge is 2.27. The molecule has 0 rings (SSSR count). The smallest absolute Gasteiger partial charge is 0.306 e. The van der Waals surface area contributed by atoms with Gasteiger partial charge in [0.25, 0.3) is 0 Å². The standard InChI is InChI=1S/C13H24N2O6/c1-4-21-11(17)7-9(2)12(13(14)18)15-10(16)8-20-6-5-19-3/h9,12H,4-8H2,1-3H3,(H2,14,18)(H,15,16)/t9-,12+/m0/s1. The number of hydrogen-bond donors (Lipinski definition) is 2. The van der Waals surface area contributed by atoms with E-state index in [1.165, 1.54) is 7.11 Å². The summed E-state index contributed by atoms with van der Waals surface area (Å²) in [5, 5.41) is 2.45. The maximum atomic E-state index is 11.6. The lowest BCUT2D eigenvalue weighted by Crippen LogP contribution is -2.50. The molecule has 8 heteroatoms. The molecule has 0 unspecified atom stereocenters. The van der Waals surface area contributed by atoms with E-state index in [9.17, 15) is 14.4 Å². The van der Waals surface area contributed by atoms with Crippen LogP contribution in [-0.4, -0.2) is 57.4 Å². The Bertz CT molecular complexity index is 348. The summed E-state index contributed by atoms with van der Waals surface area (Å²) in [6.45, 7) is 4.01. The van der Waals surface area contributed by atoms with Crippen LogP contribution >= 0.6 is 0 Å². The summed E-state index contributed by atoms with van der Waals surface area (Å²) in [5.41, 5.74) is 5.25. The van der Waals surface area contributed by atoms with Gasteiger partial charge in [-0.15, -0.1) is 0 Å². The van der Waals surface area contributed by atoms with Gasteiger partial charge in [-0.2, -0.15) is 0 Å². The summed E-state index contributed by atoms with van der Waals surface area (Å²) in [6.07, 6.45) is -0.00768. The van der Waals surface area contributed by atoms with Crippen molar-refractivity contribution >= 4 is 17.8 Å². The van der Waals surface area contributed by atoms with E-state index in [4.69, 9.17) is 19.9 Å². The van der Waals surface area contributed by atoms with Gasteiger partial charge in [-0.1, -0.05) is 6.92 Å². The molecule has 0 spiro atoms. The Morgan fingerprint density at radius 2 is 1.90 bits per heavy atom. The number of ether oxygens (including phenoxy) is 3. The van der Waals surface area contributed by atoms with E-state index in [0.29, 0.717) is 6.61 Å². The van der Waals surface area contributed by atoms with Crippen molar-refractivity contribution in [2.75, 3.05) is 33.5 Å². The molecular formula is C13H24N2O6. The van der Waals surface area contributed by atoms with Crippen LogP contribution < -0.4 is 11.1 Å². The van der Waals surface area contributed by atoms with Crippen molar-refractivity contribution in [2.45, 2.75) is 26.3 Å². The van der Waals surface area contributed by atoms with E-state index in [-0.39, 0.29) is 26.2 Å². The van der Waals surface area contributed by atoms with Gasteiger partial charge in [-0.05, 0) is 12.8 Å². The van der Waals surface area contributed by atoms with Crippen molar-refractivity contribution in [3.8, 4) is 0 Å². The van der Waals surface area contributed by atoms with Gasteiger partial charge in [-0.3, -0.25) is 14.4 Å². The topological polar surface area (TPSA) is 117 Å². The zero-order valence-electron chi connectivity index (χ0n) is 12.7. The predicted molar refractivity (Wildman–Crippen MR) is 74.2 cm³/mol. The second kappa shape index (κ2) is 11.0. The van der Waals surface area contributed by atoms with Crippen molar-refractivity contribution in [3.05, 3.63) is 0 Å². The van der Waals surface area contributed by atoms with Gasteiger partial charge in [0.05, 0.1) is 26.2 Å². The molecule has 0 fully saturated rings. The average Bonchev–Trinajstić information content (AvgIpc) is 2.40. The molecule has 0 aromatic heterocycles. The van der Waals surface area contributed by atoms with Gasteiger partial charge in [-0.25, -0.2) is 0 Å². The second-order valence-electron chi connectivity index (χ2n) is 4.48. The third-order valence-corrected chi connectivity index (χ3v) is 2.65. The molecule has 0 bridgehead atoms. The molecule has 0 heterocycles. The number of primary amides is 1. The fourth-order valence-corrected chi connectivity index (χ4v) is 1.62. The monoisotopic (exact) mass is 304 g/mol. The molecular weight excluding hydrogens is 280 g/mol. The summed E-state index contributed by atoms with van der Waals surface area (Å²) >= 11 is 0. The first-order chi connectivity index (χ1) is 9.92. The Labute approximate surface area is 124 Å². The molecule has 0 aromatic carbocycles. The van der Waals surface area contributed by atoms with Crippen LogP contribution in [0.4, 0.5) is 0 Å². The average molecular weight is 304 g/mol. The van der Waals surface area contributed by atoms with E-state index in [1.807, 2.05) is 0 Å². The highest BCUT2D eigenvalue weighted by molar-refractivity contribution is 5.87. The molecule has 0 radical (unpaired) electrons. The zero-order valence-corrected chi connectivity index (χ0v) is 12.7. The molecule has 0 aromatic rings. The summed E-state index contributed by atoms with van der Waals surface area (Å²) in [7, 11) is 1.52. The number of esters is 1. The normalized spacial score (nSPS) is 13.3. The molecule has 8 nitrogen and oxygen atoms in total. The van der Waals surface area contributed by atoms with E-state index in [1.54, 1.807) is 13.8 Å². The van der Waals surface area contributed by atoms with Crippen LogP contribution in [0.1, 0.15) is 20.3 Å². The number of nitrogens with two attached hydrogens (primary N) is 1. The Morgan fingerprint density at radius 3 is 2.43 bits per heavy atom. The molecule has 3 N–H and O–H groups in total. The number of amides is 2. The number of carbonyl (C=O) groups is 3. The van der Waals surface area contributed by atoms with Gasteiger partial charge < -0.3 is 25.3 Å². The molecule has 0 aliphatic heterocycles. The molecule has 2 atom stereocenters. The molecule has 0 saturated carbocycles. The van der Waals surface area contributed by atoms with E-state index in [0.717, 1.165) is 0 Å². The SMILES string of the molecule is CCOC(=O)C[C@H](C)[C@@H](NC(=O)COCCOC)C(N)=O. The first-order valence-electron chi connectivity index (χ1n) is 6.73. The fraction of sp³-hybridized carbons (Fsp3) is 0.769. The molecule has 21 heavy (non-hydrogen) atoms. The van der Waals surface area contributed by atoms with Gasteiger partial charge >= 0.3 is 5.97 Å². The maximum Gasteiger partial charge on any atom is 0.306 e. The molecule has 122 valence electrons. The summed E-state index contributed by atoms with van der Waals surface area (Å²) in [6, 6.07) is -0.951. The Kier molecular flexibility index (Phi) is 10.2. The van der Waals surface area contributed by atoms with Crippen molar-refractivity contribution < 1.29 is 28.6 Å². The van der Waals surface area contributed by atoms with E-state index in [2.05, 4.69) is 5.32 Å². The van der Waals surface area contributed by atoms with Gasteiger partial charge in [0.1, 0.15) is 12.6 Å². The third-order valence-electron chi connectivity index (χ3n) is 2.65. The van der Waals surface area contributed by atoms with Crippen LogP contribution in [0.3, 0.4) is 0 Å². The number of carbonyl (C=O) groups excluding carboxylic acids is 3. The largest absolute Gasteiger partial charge is 0.466 e. The summed E-state index contributed by atoms with van der Waals surface area (Å²) in [4.78, 5) is 34.4. The summed E-state index contributed by atoms with van der Waals surface area (Å²) in [5.74, 6) is -2.10. The van der Waals surface area contributed by atoms with Crippen molar-refractivity contribution in [3.63, 3.8) is 0 Å². The quantitative estimate of drug-likeness (QED) is 0.381. The van der Waals surface area contributed by atoms with E-state index < -0.39 is 29.7 Å². The van der Waals surface area contributed by atoms with Gasteiger partial charge in [0.2, 0.25) is 11.8 Å². The lowest BCUT2D eigenvalue weighted by Gasteiger charge is -2.21. The third kappa shape index (κ3) is 8.98. The molecule has 0 saturated heterocycles. The minimum atomic E-state index is -0.951.